The molecule has 0 N–H and O–H groups in total. The normalized spacial score (nSPS) is 24.7. The number of ketones is 1. The van der Waals surface area contributed by atoms with Crippen molar-refractivity contribution in [3.63, 3.8) is 0 Å². The largest absolute Gasteiger partial charge is 0.463 e. The molecule has 0 spiro atoms. The van der Waals surface area contributed by atoms with Crippen molar-refractivity contribution in [2.24, 2.45) is 4.99 Å². The fourth-order valence-corrected chi connectivity index (χ4v) is 3.38. The summed E-state index contributed by atoms with van der Waals surface area (Å²) in [6.45, 7) is 6.24. The van der Waals surface area contributed by atoms with Crippen LogP contribution in [0.5, 0.6) is 0 Å². The zero-order chi connectivity index (χ0) is 19.1. The van der Waals surface area contributed by atoms with Gasteiger partial charge in [-0.05, 0) is 26.3 Å². The van der Waals surface area contributed by atoms with Gasteiger partial charge in [-0.25, -0.2) is 9.59 Å². The Labute approximate surface area is 152 Å². The second-order valence-corrected chi connectivity index (χ2v) is 7.32. The predicted octanol–water partition coefficient (Wildman–Crippen LogP) is 1.00. The Morgan fingerprint density at radius 3 is 2.65 bits per heavy atom. The predicted molar refractivity (Wildman–Crippen MR) is 94.8 cm³/mol. The molecule has 0 amide bonds. The summed E-state index contributed by atoms with van der Waals surface area (Å²) in [5.41, 5.74) is 1.01. The lowest BCUT2D eigenvalue weighted by Crippen LogP contribution is -2.47. The molecule has 7 nitrogen and oxygen atoms in total. The number of allylic oxidation sites excluding steroid dienone is 2. The zero-order valence-corrected chi connectivity index (χ0v) is 15.3. The Balaban J connectivity index is 1.93. The molecule has 1 aliphatic carbocycles. The lowest BCUT2D eigenvalue weighted by molar-refractivity contribution is -0.159. The second kappa shape index (κ2) is 6.64. The molecule has 2 heterocycles. The standard InChI is InChI=1S/C19H22N2O5/c1-19(2,3)26-17(23)13-10-11-6-5-7-12-14(16(22)18(24)25-4)20-8-9-21(13)15(11)12/h5-7,10,13,15H,8-9H2,1-4H3. The molecule has 0 aromatic heterocycles. The molecule has 7 heteroatoms. The first-order valence-corrected chi connectivity index (χ1v) is 8.49. The monoisotopic (exact) mass is 358 g/mol. The van der Waals surface area contributed by atoms with Gasteiger partial charge in [-0.15, -0.1) is 0 Å². The minimum absolute atomic E-state index is 0.101. The lowest BCUT2D eigenvalue weighted by Gasteiger charge is -2.32. The molecule has 3 aliphatic rings. The highest BCUT2D eigenvalue weighted by molar-refractivity contribution is 6.67. The zero-order valence-electron chi connectivity index (χ0n) is 15.3. The molecule has 2 atom stereocenters. The second-order valence-electron chi connectivity index (χ2n) is 7.32. The summed E-state index contributed by atoms with van der Waals surface area (Å²) < 4.78 is 10.1. The number of carbonyl (C=O) groups excluding carboxylic acids is 3. The van der Waals surface area contributed by atoms with Crippen molar-refractivity contribution < 1.29 is 23.9 Å². The maximum absolute atomic E-state index is 12.7. The molecule has 0 fully saturated rings. The van der Waals surface area contributed by atoms with Gasteiger partial charge in [0.2, 0.25) is 0 Å². The summed E-state index contributed by atoms with van der Waals surface area (Å²) in [6, 6.07) is -0.851. The van der Waals surface area contributed by atoms with Crippen molar-refractivity contribution in [2.75, 3.05) is 20.2 Å². The van der Waals surface area contributed by atoms with Crippen LogP contribution in [-0.4, -0.2) is 66.2 Å². The summed E-state index contributed by atoms with van der Waals surface area (Å²) in [5, 5.41) is 0. The maximum Gasteiger partial charge on any atom is 0.381 e. The summed E-state index contributed by atoms with van der Waals surface area (Å²) in [4.78, 5) is 43.0. The van der Waals surface area contributed by atoms with Crippen LogP contribution in [0.3, 0.4) is 0 Å². The van der Waals surface area contributed by atoms with Gasteiger partial charge in [0.05, 0.1) is 19.7 Å². The molecule has 2 unspecified atom stereocenters. The highest BCUT2D eigenvalue weighted by Crippen LogP contribution is 2.35. The van der Waals surface area contributed by atoms with Crippen LogP contribution >= 0.6 is 0 Å². The van der Waals surface area contributed by atoms with E-state index in [1.165, 1.54) is 7.11 Å². The summed E-state index contributed by atoms with van der Waals surface area (Å²) in [6.07, 6.45) is 7.31. The number of nitrogens with zero attached hydrogens (tertiary/aromatic N) is 2. The fraction of sp³-hybridized carbons (Fsp3) is 0.474. The van der Waals surface area contributed by atoms with Crippen LogP contribution in [0.25, 0.3) is 0 Å². The number of hydrogen-bond acceptors (Lipinski definition) is 7. The number of carbonyl (C=O) groups is 3. The topological polar surface area (TPSA) is 85.3 Å². The third kappa shape index (κ3) is 3.26. The van der Waals surface area contributed by atoms with Gasteiger partial charge >= 0.3 is 11.9 Å². The van der Waals surface area contributed by atoms with Gasteiger partial charge in [-0.3, -0.25) is 14.7 Å². The van der Waals surface area contributed by atoms with E-state index in [0.717, 1.165) is 5.57 Å². The SMILES string of the molecule is COC(=O)C(=O)C1=NCCN2C(C(=O)OC(C)(C)C)C=C3C=CC=C1C32. The van der Waals surface area contributed by atoms with E-state index in [1.807, 2.05) is 37.8 Å². The number of methoxy groups -OCH3 is 1. The third-order valence-corrected chi connectivity index (χ3v) is 4.35. The quantitative estimate of drug-likeness (QED) is 0.553. The average Bonchev–Trinajstić information content (AvgIpc) is 2.83. The van der Waals surface area contributed by atoms with E-state index in [4.69, 9.17) is 4.74 Å². The first kappa shape index (κ1) is 18.3. The Morgan fingerprint density at radius 1 is 1.27 bits per heavy atom. The molecule has 0 saturated carbocycles. The number of esters is 2. The number of aliphatic imine (C=N–C) groups is 1. The van der Waals surface area contributed by atoms with Gasteiger partial charge < -0.3 is 9.47 Å². The minimum Gasteiger partial charge on any atom is -0.463 e. The highest BCUT2D eigenvalue weighted by atomic mass is 16.6. The molecule has 0 aromatic carbocycles. The van der Waals surface area contributed by atoms with Crippen LogP contribution in [0.2, 0.25) is 0 Å². The van der Waals surface area contributed by atoms with Crippen LogP contribution in [-0.2, 0) is 23.9 Å². The Hall–Kier alpha value is -2.54. The van der Waals surface area contributed by atoms with E-state index in [2.05, 4.69) is 9.73 Å². The molecule has 0 saturated heterocycles. The van der Waals surface area contributed by atoms with Gasteiger partial charge in [0.15, 0.2) is 0 Å². The fourth-order valence-electron chi connectivity index (χ4n) is 3.38. The van der Waals surface area contributed by atoms with Crippen molar-refractivity contribution in [3.8, 4) is 0 Å². The molecule has 0 bridgehead atoms. The molecule has 138 valence electrons. The minimum atomic E-state index is -0.945. The van der Waals surface area contributed by atoms with Crippen LogP contribution in [0.1, 0.15) is 20.8 Å². The average molecular weight is 358 g/mol. The third-order valence-electron chi connectivity index (χ3n) is 4.35. The first-order valence-electron chi connectivity index (χ1n) is 8.49. The van der Waals surface area contributed by atoms with E-state index < -0.39 is 23.4 Å². The van der Waals surface area contributed by atoms with Crippen molar-refractivity contribution >= 4 is 23.4 Å². The van der Waals surface area contributed by atoms with Crippen LogP contribution in [0, 0.1) is 0 Å². The first-order chi connectivity index (χ1) is 12.2. The van der Waals surface area contributed by atoms with E-state index in [0.29, 0.717) is 18.7 Å². The van der Waals surface area contributed by atoms with Gasteiger partial charge in [-0.1, -0.05) is 24.3 Å². The molecular formula is C19H22N2O5. The van der Waals surface area contributed by atoms with Crippen LogP contribution in [0.15, 0.2) is 40.4 Å². The Kier molecular flexibility index (Phi) is 4.66. The van der Waals surface area contributed by atoms with Crippen molar-refractivity contribution in [3.05, 3.63) is 35.5 Å². The number of hydrogen-bond donors (Lipinski definition) is 0. The van der Waals surface area contributed by atoms with Crippen molar-refractivity contribution in [2.45, 2.75) is 38.5 Å². The molecule has 0 radical (unpaired) electrons. The van der Waals surface area contributed by atoms with Gasteiger partial charge in [0.25, 0.3) is 5.78 Å². The van der Waals surface area contributed by atoms with E-state index in [1.54, 1.807) is 12.2 Å². The number of ether oxygens (including phenoxy) is 2. The van der Waals surface area contributed by atoms with E-state index in [9.17, 15) is 14.4 Å². The molecule has 26 heavy (non-hydrogen) atoms. The van der Waals surface area contributed by atoms with Crippen LogP contribution < -0.4 is 0 Å². The van der Waals surface area contributed by atoms with E-state index >= 15 is 0 Å². The lowest BCUT2D eigenvalue weighted by atomic mass is 9.90. The molecular weight excluding hydrogens is 336 g/mol. The Morgan fingerprint density at radius 2 is 2.00 bits per heavy atom. The smallest absolute Gasteiger partial charge is 0.381 e. The summed E-state index contributed by atoms with van der Waals surface area (Å²) in [7, 11) is 1.17. The summed E-state index contributed by atoms with van der Waals surface area (Å²) in [5.74, 6) is -2.05. The van der Waals surface area contributed by atoms with E-state index in [-0.39, 0.29) is 17.7 Å². The molecule has 3 rings (SSSR count). The van der Waals surface area contributed by atoms with Gasteiger partial charge in [-0.2, -0.15) is 0 Å². The maximum atomic E-state index is 12.7. The number of rotatable bonds is 3. The highest BCUT2D eigenvalue weighted by Gasteiger charge is 2.45. The molecule has 0 aromatic rings. The van der Waals surface area contributed by atoms with Crippen molar-refractivity contribution in [1.82, 2.24) is 4.90 Å². The van der Waals surface area contributed by atoms with Crippen LogP contribution in [0.4, 0.5) is 0 Å². The van der Waals surface area contributed by atoms with Gasteiger partial charge in [0.1, 0.15) is 17.4 Å². The molecule has 2 aliphatic heterocycles. The van der Waals surface area contributed by atoms with Gasteiger partial charge in [0, 0.05) is 12.1 Å². The Bertz CT molecular complexity index is 782. The van der Waals surface area contributed by atoms with Crippen molar-refractivity contribution in [1.29, 1.82) is 0 Å². The summed E-state index contributed by atoms with van der Waals surface area (Å²) >= 11 is 0. The number of Topliss-reactive ketones (excluding diaryl/α,β-unsaturated/α-hetero) is 1.